The molecule has 0 unspecified atom stereocenters. The summed E-state index contributed by atoms with van der Waals surface area (Å²) in [7, 11) is 0. The predicted octanol–water partition coefficient (Wildman–Crippen LogP) is 3.85. The summed E-state index contributed by atoms with van der Waals surface area (Å²) in [5.74, 6) is 0.934. The number of nitrogens with one attached hydrogen (secondary N) is 1. The summed E-state index contributed by atoms with van der Waals surface area (Å²) >= 11 is 5.96. The van der Waals surface area contributed by atoms with Gasteiger partial charge in [-0.1, -0.05) is 24.4 Å². The number of rotatable bonds is 6. The van der Waals surface area contributed by atoms with Crippen molar-refractivity contribution in [2.45, 2.75) is 25.7 Å². The fourth-order valence-corrected chi connectivity index (χ4v) is 2.02. The fraction of sp³-hybridized carbons (Fsp3) is 0.500. The summed E-state index contributed by atoms with van der Waals surface area (Å²) in [6, 6.07) is 4.51. The molecule has 0 heterocycles. The van der Waals surface area contributed by atoms with Gasteiger partial charge in [0.1, 0.15) is 0 Å². The van der Waals surface area contributed by atoms with Crippen LogP contribution in [0.1, 0.15) is 25.7 Å². The minimum Gasteiger partial charge on any atom is -0.384 e. The Kier molecular flexibility index (Phi) is 3.84. The van der Waals surface area contributed by atoms with Crippen LogP contribution in [0, 0.1) is 16.0 Å². The summed E-state index contributed by atoms with van der Waals surface area (Å²) in [5.41, 5.74) is 0.798. The van der Waals surface area contributed by atoms with Gasteiger partial charge in [-0.3, -0.25) is 10.1 Å². The number of benzene rings is 1. The van der Waals surface area contributed by atoms with E-state index < -0.39 is 4.92 Å². The van der Waals surface area contributed by atoms with E-state index in [1.54, 1.807) is 6.07 Å². The van der Waals surface area contributed by atoms with E-state index in [4.69, 9.17) is 11.6 Å². The molecule has 0 atom stereocenters. The first-order valence-electron chi connectivity index (χ1n) is 5.84. The number of hydrogen-bond donors (Lipinski definition) is 1. The third-order valence-corrected chi connectivity index (χ3v) is 3.28. The first-order chi connectivity index (χ1) is 8.16. The van der Waals surface area contributed by atoms with Crippen molar-refractivity contribution in [3.8, 4) is 0 Å². The Bertz CT molecular complexity index is 419. The molecule has 0 saturated heterocycles. The second kappa shape index (κ2) is 5.36. The lowest BCUT2D eigenvalue weighted by Gasteiger charge is -2.07. The molecule has 0 spiro atoms. The molecule has 5 heteroatoms. The van der Waals surface area contributed by atoms with Crippen molar-refractivity contribution in [2.24, 2.45) is 5.92 Å². The summed E-state index contributed by atoms with van der Waals surface area (Å²) in [6.07, 6.45) is 5.13. The Morgan fingerprint density at radius 1 is 1.47 bits per heavy atom. The van der Waals surface area contributed by atoms with Crippen LogP contribution in [0.5, 0.6) is 0 Å². The number of nitro benzene ring substituents is 1. The van der Waals surface area contributed by atoms with Crippen LogP contribution in [0.15, 0.2) is 18.2 Å². The van der Waals surface area contributed by atoms with Gasteiger partial charge in [-0.15, -0.1) is 0 Å². The normalized spacial score (nSPS) is 14.6. The van der Waals surface area contributed by atoms with Crippen molar-refractivity contribution in [1.29, 1.82) is 0 Å². The van der Waals surface area contributed by atoms with Crippen LogP contribution in [0.4, 0.5) is 11.4 Å². The van der Waals surface area contributed by atoms with Gasteiger partial charge >= 0.3 is 0 Å². The fourth-order valence-electron chi connectivity index (χ4n) is 1.78. The standard InChI is InChI=1S/C12H15ClN2O2/c13-11-8-10(15(16)17)5-6-12(11)14-7-1-2-9-3-4-9/h5-6,8-9,14H,1-4,7H2. The minimum absolute atomic E-state index is 0.0264. The molecule has 1 aliphatic carbocycles. The van der Waals surface area contributed by atoms with Crippen LogP contribution < -0.4 is 5.32 Å². The number of non-ortho nitro benzene ring substituents is 1. The topological polar surface area (TPSA) is 55.2 Å². The first kappa shape index (κ1) is 12.2. The lowest BCUT2D eigenvalue weighted by Crippen LogP contribution is -2.02. The zero-order chi connectivity index (χ0) is 12.3. The van der Waals surface area contributed by atoms with Crippen LogP contribution in [0.3, 0.4) is 0 Å². The quantitative estimate of drug-likeness (QED) is 0.477. The molecular formula is C12H15ClN2O2. The van der Waals surface area contributed by atoms with Gasteiger partial charge in [0.25, 0.3) is 5.69 Å². The Balaban J connectivity index is 1.84. The molecule has 1 saturated carbocycles. The summed E-state index contributed by atoms with van der Waals surface area (Å²) in [4.78, 5) is 10.1. The molecule has 1 aliphatic rings. The van der Waals surface area contributed by atoms with Crippen molar-refractivity contribution in [1.82, 2.24) is 0 Å². The second-order valence-corrected chi connectivity index (χ2v) is 4.84. The van der Waals surface area contributed by atoms with Crippen molar-refractivity contribution in [3.05, 3.63) is 33.3 Å². The second-order valence-electron chi connectivity index (χ2n) is 4.43. The molecule has 92 valence electrons. The Morgan fingerprint density at radius 2 is 2.24 bits per heavy atom. The van der Waals surface area contributed by atoms with Crippen LogP contribution >= 0.6 is 11.6 Å². The Labute approximate surface area is 105 Å². The summed E-state index contributed by atoms with van der Waals surface area (Å²) in [6.45, 7) is 0.869. The van der Waals surface area contributed by atoms with Crippen molar-refractivity contribution < 1.29 is 4.92 Å². The largest absolute Gasteiger partial charge is 0.384 e. The number of halogens is 1. The molecule has 1 N–H and O–H groups in total. The number of anilines is 1. The van der Waals surface area contributed by atoms with Gasteiger partial charge in [-0.2, -0.15) is 0 Å². The SMILES string of the molecule is O=[N+]([O-])c1ccc(NCCCC2CC2)c(Cl)c1. The smallest absolute Gasteiger partial charge is 0.271 e. The lowest BCUT2D eigenvalue weighted by molar-refractivity contribution is -0.384. The zero-order valence-electron chi connectivity index (χ0n) is 9.49. The molecule has 1 aromatic rings. The highest BCUT2D eigenvalue weighted by molar-refractivity contribution is 6.33. The molecule has 0 radical (unpaired) electrons. The molecule has 17 heavy (non-hydrogen) atoms. The molecule has 1 fully saturated rings. The van der Waals surface area contributed by atoms with Gasteiger partial charge in [-0.25, -0.2) is 0 Å². The third-order valence-electron chi connectivity index (χ3n) is 2.97. The maximum atomic E-state index is 10.5. The number of nitrogens with zero attached hydrogens (tertiary/aromatic N) is 1. The van der Waals surface area contributed by atoms with Crippen LogP contribution in [-0.2, 0) is 0 Å². The molecule has 0 bridgehead atoms. The highest BCUT2D eigenvalue weighted by Crippen LogP contribution is 2.33. The van der Waals surface area contributed by atoms with Gasteiger partial charge in [-0.05, 0) is 24.8 Å². The van der Waals surface area contributed by atoms with E-state index in [2.05, 4.69) is 5.32 Å². The highest BCUT2D eigenvalue weighted by atomic mass is 35.5. The molecular weight excluding hydrogens is 240 g/mol. The molecule has 0 aliphatic heterocycles. The van der Waals surface area contributed by atoms with Crippen LogP contribution in [-0.4, -0.2) is 11.5 Å². The molecule has 1 aromatic carbocycles. The van der Waals surface area contributed by atoms with Gasteiger partial charge in [0.15, 0.2) is 0 Å². The average molecular weight is 255 g/mol. The predicted molar refractivity (Wildman–Crippen MR) is 68.6 cm³/mol. The van der Waals surface area contributed by atoms with Crippen LogP contribution in [0.2, 0.25) is 5.02 Å². The third kappa shape index (κ3) is 3.60. The van der Waals surface area contributed by atoms with E-state index in [0.29, 0.717) is 5.02 Å². The van der Waals surface area contributed by atoms with E-state index in [0.717, 1.165) is 24.6 Å². The Hall–Kier alpha value is -1.29. The molecule has 0 amide bonds. The monoisotopic (exact) mass is 254 g/mol. The van der Waals surface area contributed by atoms with E-state index in [9.17, 15) is 10.1 Å². The maximum Gasteiger partial charge on any atom is 0.271 e. The Morgan fingerprint density at radius 3 is 2.82 bits per heavy atom. The van der Waals surface area contributed by atoms with E-state index in [1.165, 1.54) is 31.4 Å². The summed E-state index contributed by atoms with van der Waals surface area (Å²) in [5, 5.41) is 14.1. The summed E-state index contributed by atoms with van der Waals surface area (Å²) < 4.78 is 0. The van der Waals surface area contributed by atoms with Crippen molar-refractivity contribution >= 4 is 23.0 Å². The average Bonchev–Trinajstić information content (AvgIpc) is 3.09. The van der Waals surface area contributed by atoms with Gasteiger partial charge in [0.05, 0.1) is 15.6 Å². The zero-order valence-corrected chi connectivity index (χ0v) is 10.2. The van der Waals surface area contributed by atoms with Crippen molar-refractivity contribution in [3.63, 3.8) is 0 Å². The van der Waals surface area contributed by atoms with Crippen molar-refractivity contribution in [2.75, 3.05) is 11.9 Å². The van der Waals surface area contributed by atoms with E-state index in [-0.39, 0.29) is 5.69 Å². The van der Waals surface area contributed by atoms with Gasteiger partial charge in [0, 0.05) is 18.7 Å². The van der Waals surface area contributed by atoms with E-state index in [1.807, 2.05) is 0 Å². The molecule has 0 aromatic heterocycles. The lowest BCUT2D eigenvalue weighted by atomic mass is 10.2. The minimum atomic E-state index is -0.442. The van der Waals surface area contributed by atoms with Gasteiger partial charge < -0.3 is 5.32 Å². The molecule has 4 nitrogen and oxygen atoms in total. The van der Waals surface area contributed by atoms with E-state index >= 15 is 0 Å². The van der Waals surface area contributed by atoms with Gasteiger partial charge in [0.2, 0.25) is 0 Å². The number of hydrogen-bond acceptors (Lipinski definition) is 3. The first-order valence-corrected chi connectivity index (χ1v) is 6.22. The number of nitro groups is 1. The maximum absolute atomic E-state index is 10.5. The van der Waals surface area contributed by atoms with Crippen LogP contribution in [0.25, 0.3) is 0 Å². The highest BCUT2D eigenvalue weighted by Gasteiger charge is 2.20. The molecule has 2 rings (SSSR count).